The molecule has 0 saturated heterocycles. The van der Waals surface area contributed by atoms with Crippen molar-refractivity contribution in [3.63, 3.8) is 0 Å². The van der Waals surface area contributed by atoms with Crippen LogP contribution in [-0.2, 0) is 5.41 Å². The lowest BCUT2D eigenvalue weighted by Crippen LogP contribution is -2.26. The van der Waals surface area contributed by atoms with E-state index in [1.165, 1.54) is 66.1 Å². The summed E-state index contributed by atoms with van der Waals surface area (Å²) in [5.74, 6) is 0. The average Bonchev–Trinajstić information content (AvgIpc) is 3.84. The Morgan fingerprint density at radius 2 is 0.746 bits per heavy atom. The van der Waals surface area contributed by atoms with E-state index in [0.717, 1.165) is 44.9 Å². The maximum atomic E-state index is 9.64. The third-order valence-electron chi connectivity index (χ3n) is 14.0. The Labute approximate surface area is 388 Å². The van der Waals surface area contributed by atoms with Crippen molar-refractivity contribution in [3.8, 4) is 34.4 Å². The number of anilines is 6. The van der Waals surface area contributed by atoms with Gasteiger partial charge in [-0.2, -0.15) is 10.5 Å². The van der Waals surface area contributed by atoms with Crippen molar-refractivity contribution in [2.75, 3.05) is 9.80 Å². The molecule has 310 valence electrons. The molecule has 0 radical (unpaired) electrons. The molecular weight excluding hydrogens is 813 g/mol. The van der Waals surface area contributed by atoms with Crippen molar-refractivity contribution >= 4 is 66.4 Å². The van der Waals surface area contributed by atoms with Gasteiger partial charge >= 0.3 is 0 Å². The molecule has 11 aromatic rings. The summed E-state index contributed by atoms with van der Waals surface area (Å²) in [6.07, 6.45) is 0. The highest BCUT2D eigenvalue weighted by Crippen LogP contribution is 2.65. The number of fused-ring (bicyclic) bond motifs is 14. The predicted octanol–water partition coefficient (Wildman–Crippen LogP) is 16.2. The van der Waals surface area contributed by atoms with Gasteiger partial charge in [-0.3, -0.25) is 0 Å². The highest BCUT2D eigenvalue weighted by molar-refractivity contribution is 6.09. The molecule has 0 heterocycles. The lowest BCUT2D eigenvalue weighted by atomic mass is 9.70. The molecule has 0 amide bonds. The van der Waals surface area contributed by atoms with Crippen LogP contribution < -0.4 is 9.80 Å². The Morgan fingerprint density at radius 3 is 1.28 bits per heavy atom. The normalized spacial score (nSPS) is 12.6. The van der Waals surface area contributed by atoms with Crippen molar-refractivity contribution in [1.29, 1.82) is 10.5 Å². The Kier molecular flexibility index (Phi) is 8.52. The van der Waals surface area contributed by atoms with Crippen molar-refractivity contribution in [2.24, 2.45) is 0 Å². The van der Waals surface area contributed by atoms with Crippen LogP contribution in [0.2, 0.25) is 0 Å². The third-order valence-corrected chi connectivity index (χ3v) is 14.0. The number of rotatable bonds is 6. The van der Waals surface area contributed by atoms with Crippen LogP contribution in [0, 0.1) is 22.7 Å². The number of nitriles is 2. The van der Waals surface area contributed by atoms with E-state index in [1.807, 2.05) is 60.7 Å². The molecule has 0 aromatic heterocycles. The van der Waals surface area contributed by atoms with Crippen molar-refractivity contribution < 1.29 is 0 Å². The standard InChI is InChI=1S/C63H38N4/c64-39-41-19-26-50(27-20-41)66(48-12-3-1-4-13-48)52-30-23-44-35-56-57-36-45-24-31-53(67(49-14-5-2-6-15-49)51-28-21-42(40-65)22-29-51)34-47(45)38-61(57)63(60(56)37-46(44)33-52)58-18-10-9-17-55(58)62-54-16-8-7-11-43(54)25-32-59(62)63/h1-38H. The summed E-state index contributed by atoms with van der Waals surface area (Å²) in [5.41, 5.74) is 17.0. The van der Waals surface area contributed by atoms with E-state index >= 15 is 0 Å². The highest BCUT2D eigenvalue weighted by atomic mass is 15.1. The first-order valence-electron chi connectivity index (χ1n) is 22.6. The first-order valence-corrected chi connectivity index (χ1v) is 22.6. The second-order valence-corrected chi connectivity index (χ2v) is 17.5. The summed E-state index contributed by atoms with van der Waals surface area (Å²) in [5, 5.41) is 26.4. The summed E-state index contributed by atoms with van der Waals surface area (Å²) in [6.45, 7) is 0. The molecule has 2 aliphatic carbocycles. The van der Waals surface area contributed by atoms with Crippen LogP contribution in [0.4, 0.5) is 34.1 Å². The minimum atomic E-state index is -0.604. The Hall–Kier alpha value is -9.22. The molecule has 4 nitrogen and oxygen atoms in total. The molecule has 0 N–H and O–H groups in total. The first kappa shape index (κ1) is 38.3. The monoisotopic (exact) mass is 850 g/mol. The second-order valence-electron chi connectivity index (χ2n) is 17.5. The van der Waals surface area contributed by atoms with E-state index < -0.39 is 5.41 Å². The van der Waals surface area contributed by atoms with Gasteiger partial charge in [0.05, 0.1) is 28.7 Å². The molecule has 0 unspecified atom stereocenters. The van der Waals surface area contributed by atoms with E-state index in [-0.39, 0.29) is 0 Å². The van der Waals surface area contributed by atoms with Crippen LogP contribution in [0.1, 0.15) is 33.4 Å². The Balaban J connectivity index is 1.07. The van der Waals surface area contributed by atoms with Gasteiger partial charge < -0.3 is 9.80 Å². The molecule has 13 rings (SSSR count). The van der Waals surface area contributed by atoms with Crippen molar-refractivity contribution in [3.05, 3.63) is 264 Å². The van der Waals surface area contributed by atoms with Gasteiger partial charge in [0.2, 0.25) is 0 Å². The van der Waals surface area contributed by atoms with E-state index in [1.54, 1.807) is 0 Å². The minimum absolute atomic E-state index is 0.604. The Morgan fingerprint density at radius 1 is 0.299 bits per heavy atom. The quantitative estimate of drug-likeness (QED) is 0.167. The third kappa shape index (κ3) is 5.77. The number of para-hydroxylation sites is 2. The van der Waals surface area contributed by atoms with Crippen LogP contribution in [0.5, 0.6) is 0 Å². The molecule has 4 heteroatoms. The lowest BCUT2D eigenvalue weighted by Gasteiger charge is -2.31. The molecule has 1 spiro atoms. The van der Waals surface area contributed by atoms with Crippen LogP contribution in [-0.4, -0.2) is 0 Å². The summed E-state index contributed by atoms with van der Waals surface area (Å²) < 4.78 is 0. The molecule has 0 aliphatic heterocycles. The van der Waals surface area contributed by atoms with Gasteiger partial charge in [0.15, 0.2) is 0 Å². The maximum Gasteiger partial charge on any atom is 0.0991 e. The molecule has 0 atom stereocenters. The van der Waals surface area contributed by atoms with E-state index in [0.29, 0.717) is 11.1 Å². The lowest BCUT2D eigenvalue weighted by molar-refractivity contribution is 0.797. The first-order chi connectivity index (χ1) is 33.1. The summed E-state index contributed by atoms with van der Waals surface area (Å²) in [6, 6.07) is 87.0. The summed E-state index contributed by atoms with van der Waals surface area (Å²) >= 11 is 0. The predicted molar refractivity (Wildman–Crippen MR) is 274 cm³/mol. The molecule has 0 fully saturated rings. The van der Waals surface area contributed by atoms with E-state index in [9.17, 15) is 10.5 Å². The smallest absolute Gasteiger partial charge is 0.0991 e. The fourth-order valence-corrected chi connectivity index (χ4v) is 11.1. The van der Waals surface area contributed by atoms with Crippen LogP contribution in [0.25, 0.3) is 54.6 Å². The van der Waals surface area contributed by atoms with Crippen molar-refractivity contribution in [1.82, 2.24) is 0 Å². The second kappa shape index (κ2) is 14.9. The number of benzene rings is 11. The van der Waals surface area contributed by atoms with Crippen molar-refractivity contribution in [2.45, 2.75) is 5.41 Å². The van der Waals surface area contributed by atoms with Crippen LogP contribution in [0.15, 0.2) is 231 Å². The zero-order valence-electron chi connectivity index (χ0n) is 36.2. The molecule has 0 saturated carbocycles. The van der Waals surface area contributed by atoms with Crippen LogP contribution >= 0.6 is 0 Å². The van der Waals surface area contributed by atoms with Gasteiger partial charge in [0.1, 0.15) is 0 Å². The zero-order chi connectivity index (χ0) is 44.6. The van der Waals surface area contributed by atoms with Crippen LogP contribution in [0.3, 0.4) is 0 Å². The van der Waals surface area contributed by atoms with Gasteiger partial charge in [0.25, 0.3) is 0 Å². The minimum Gasteiger partial charge on any atom is -0.310 e. The summed E-state index contributed by atoms with van der Waals surface area (Å²) in [7, 11) is 0. The van der Waals surface area contributed by atoms with Gasteiger partial charge in [-0.15, -0.1) is 0 Å². The number of nitrogens with zero attached hydrogens (tertiary/aromatic N) is 4. The maximum absolute atomic E-state index is 9.64. The molecule has 2 aliphatic rings. The molecule has 67 heavy (non-hydrogen) atoms. The van der Waals surface area contributed by atoms with Gasteiger partial charge in [0, 0.05) is 34.1 Å². The molecule has 11 aromatic carbocycles. The SMILES string of the molecule is N#Cc1ccc(N(c2ccccc2)c2ccc3cc4c(cc3c2)C2(c3cc5cc(N(c6ccccc6)c6ccc(C#N)cc6)ccc5cc3-4)c3ccccc3-c3c2ccc2ccccc32)cc1. The summed E-state index contributed by atoms with van der Waals surface area (Å²) in [4.78, 5) is 4.54. The molecule has 0 bridgehead atoms. The number of hydrogen-bond donors (Lipinski definition) is 0. The van der Waals surface area contributed by atoms with E-state index in [4.69, 9.17) is 0 Å². The largest absolute Gasteiger partial charge is 0.310 e. The van der Waals surface area contributed by atoms with E-state index in [2.05, 4.69) is 192 Å². The fourth-order valence-electron chi connectivity index (χ4n) is 11.1. The van der Waals surface area contributed by atoms with Gasteiger partial charge in [-0.05, 0) is 198 Å². The molecular formula is C63H38N4. The topological polar surface area (TPSA) is 54.1 Å². The Bertz CT molecular complexity index is 3690. The highest BCUT2D eigenvalue weighted by Gasteiger charge is 2.52. The number of hydrogen-bond acceptors (Lipinski definition) is 4. The zero-order valence-corrected chi connectivity index (χ0v) is 36.2. The fraction of sp³-hybridized carbons (Fsp3) is 0.0159. The van der Waals surface area contributed by atoms with Gasteiger partial charge in [-0.25, -0.2) is 0 Å². The average molecular weight is 851 g/mol. The van der Waals surface area contributed by atoms with Gasteiger partial charge in [-0.1, -0.05) is 109 Å².